The molecule has 1 aliphatic rings. The normalized spacial score (nSPS) is 13.9. The van der Waals surface area contributed by atoms with Crippen molar-refractivity contribution >= 4 is 33.1 Å². The Morgan fingerprint density at radius 3 is 2.92 bits per heavy atom. The summed E-state index contributed by atoms with van der Waals surface area (Å²) in [6, 6.07) is 7.98. The van der Waals surface area contributed by atoms with Crippen LogP contribution in [0.1, 0.15) is 22.4 Å². The zero-order valence-electron chi connectivity index (χ0n) is 14.3. The lowest BCUT2D eigenvalue weighted by Gasteiger charge is -2.29. The third-order valence-corrected chi connectivity index (χ3v) is 5.99. The summed E-state index contributed by atoms with van der Waals surface area (Å²) >= 11 is 1.52. The predicted molar refractivity (Wildman–Crippen MR) is 100 cm³/mol. The molecule has 25 heavy (non-hydrogen) atoms. The standard InChI is InChI=1S/C19H19N3O2S/c1-12-13(2)25-18-17(12)19(24)21(11-20-18)10-16(23)22-9-5-7-14-6-3-4-8-15(14)22/h3-4,6,8,11H,5,7,9-10H2,1-2H3. The highest BCUT2D eigenvalue weighted by molar-refractivity contribution is 7.18. The lowest BCUT2D eigenvalue weighted by Crippen LogP contribution is -2.39. The van der Waals surface area contributed by atoms with Crippen LogP contribution in [0, 0.1) is 13.8 Å². The number of thiophene rings is 1. The van der Waals surface area contributed by atoms with E-state index in [9.17, 15) is 9.59 Å². The van der Waals surface area contributed by atoms with E-state index in [2.05, 4.69) is 11.1 Å². The Bertz CT molecular complexity index is 1030. The first-order valence-electron chi connectivity index (χ1n) is 8.39. The summed E-state index contributed by atoms with van der Waals surface area (Å²) in [5.74, 6) is -0.0694. The van der Waals surface area contributed by atoms with Gasteiger partial charge in [-0.3, -0.25) is 14.2 Å². The molecule has 0 bridgehead atoms. The fourth-order valence-electron chi connectivity index (χ4n) is 3.41. The van der Waals surface area contributed by atoms with Crippen molar-refractivity contribution in [1.82, 2.24) is 9.55 Å². The predicted octanol–water partition coefficient (Wildman–Crippen LogP) is 3.05. The molecule has 1 aliphatic heterocycles. The van der Waals surface area contributed by atoms with Crippen LogP contribution in [-0.4, -0.2) is 22.0 Å². The number of aryl methyl sites for hydroxylation is 3. The number of hydrogen-bond donors (Lipinski definition) is 0. The highest BCUT2D eigenvalue weighted by Crippen LogP contribution is 2.27. The summed E-state index contributed by atoms with van der Waals surface area (Å²) in [6.07, 6.45) is 3.42. The van der Waals surface area contributed by atoms with Crippen LogP contribution in [0.4, 0.5) is 5.69 Å². The van der Waals surface area contributed by atoms with Crippen LogP contribution in [0.3, 0.4) is 0 Å². The number of carbonyl (C=O) groups excluding carboxylic acids is 1. The van der Waals surface area contributed by atoms with Crippen LogP contribution in [-0.2, 0) is 17.8 Å². The van der Waals surface area contributed by atoms with E-state index in [1.807, 2.05) is 32.0 Å². The molecule has 1 aromatic carbocycles. The summed E-state index contributed by atoms with van der Waals surface area (Å²) in [5, 5.41) is 0.636. The van der Waals surface area contributed by atoms with Crippen LogP contribution >= 0.6 is 11.3 Å². The molecule has 0 saturated carbocycles. The minimum Gasteiger partial charge on any atom is -0.311 e. The molecule has 4 rings (SSSR count). The molecular formula is C19H19N3O2S. The van der Waals surface area contributed by atoms with Gasteiger partial charge in [-0.25, -0.2) is 4.98 Å². The second-order valence-electron chi connectivity index (χ2n) is 6.42. The third kappa shape index (κ3) is 2.66. The number of hydrogen-bond acceptors (Lipinski definition) is 4. The van der Waals surface area contributed by atoms with Crippen LogP contribution in [0.15, 0.2) is 35.4 Å². The molecule has 0 N–H and O–H groups in total. The lowest BCUT2D eigenvalue weighted by atomic mass is 10.0. The second kappa shape index (κ2) is 6.11. The van der Waals surface area contributed by atoms with Gasteiger partial charge in [0, 0.05) is 17.1 Å². The fraction of sp³-hybridized carbons (Fsp3) is 0.316. The summed E-state index contributed by atoms with van der Waals surface area (Å²) < 4.78 is 1.43. The number of carbonyl (C=O) groups is 1. The SMILES string of the molecule is Cc1sc2ncn(CC(=O)N3CCCc4ccccc43)c(=O)c2c1C. The molecule has 0 saturated heterocycles. The van der Waals surface area contributed by atoms with Crippen molar-refractivity contribution in [3.63, 3.8) is 0 Å². The number of amides is 1. The molecule has 0 atom stereocenters. The number of rotatable bonds is 2. The largest absolute Gasteiger partial charge is 0.311 e. The lowest BCUT2D eigenvalue weighted by molar-refractivity contribution is -0.119. The first-order chi connectivity index (χ1) is 12.1. The van der Waals surface area contributed by atoms with Crippen molar-refractivity contribution in [2.24, 2.45) is 0 Å². The molecule has 5 nitrogen and oxygen atoms in total. The molecular weight excluding hydrogens is 334 g/mol. The molecule has 1 amide bonds. The molecule has 0 unspecified atom stereocenters. The number of para-hydroxylation sites is 1. The van der Waals surface area contributed by atoms with Gasteiger partial charge in [0.05, 0.1) is 11.7 Å². The van der Waals surface area contributed by atoms with Crippen LogP contribution in [0.2, 0.25) is 0 Å². The molecule has 0 radical (unpaired) electrons. The smallest absolute Gasteiger partial charge is 0.262 e. The molecule has 128 valence electrons. The Morgan fingerprint density at radius 2 is 2.08 bits per heavy atom. The molecule has 0 fully saturated rings. The van der Waals surface area contributed by atoms with Gasteiger partial charge in [-0.15, -0.1) is 11.3 Å². The van der Waals surface area contributed by atoms with Gasteiger partial charge in [0.2, 0.25) is 5.91 Å². The fourth-order valence-corrected chi connectivity index (χ4v) is 4.39. The van der Waals surface area contributed by atoms with Crippen LogP contribution < -0.4 is 10.5 Å². The van der Waals surface area contributed by atoms with Gasteiger partial charge in [0.25, 0.3) is 5.56 Å². The van der Waals surface area contributed by atoms with Gasteiger partial charge >= 0.3 is 0 Å². The summed E-state index contributed by atoms with van der Waals surface area (Å²) in [6.45, 7) is 4.63. The number of aromatic nitrogens is 2. The molecule has 6 heteroatoms. The van der Waals surface area contributed by atoms with Gasteiger partial charge in [0.1, 0.15) is 11.4 Å². The molecule has 0 aliphatic carbocycles. The van der Waals surface area contributed by atoms with E-state index in [0.717, 1.165) is 33.8 Å². The molecule has 0 spiro atoms. The van der Waals surface area contributed by atoms with Crippen molar-refractivity contribution in [3.8, 4) is 0 Å². The van der Waals surface area contributed by atoms with Gasteiger partial charge in [-0.05, 0) is 43.9 Å². The number of nitrogens with zero attached hydrogens (tertiary/aromatic N) is 3. The average Bonchev–Trinajstić information content (AvgIpc) is 2.92. The van der Waals surface area contributed by atoms with E-state index in [-0.39, 0.29) is 18.0 Å². The van der Waals surface area contributed by atoms with E-state index < -0.39 is 0 Å². The number of benzene rings is 1. The molecule has 3 heterocycles. The van der Waals surface area contributed by atoms with E-state index >= 15 is 0 Å². The van der Waals surface area contributed by atoms with Gasteiger partial charge < -0.3 is 4.90 Å². The van der Waals surface area contributed by atoms with Crippen molar-refractivity contribution in [2.75, 3.05) is 11.4 Å². The van der Waals surface area contributed by atoms with Crippen molar-refractivity contribution in [3.05, 3.63) is 57.0 Å². The Labute approximate surface area is 149 Å². The van der Waals surface area contributed by atoms with Crippen LogP contribution in [0.5, 0.6) is 0 Å². The van der Waals surface area contributed by atoms with Crippen molar-refractivity contribution in [1.29, 1.82) is 0 Å². The Balaban J connectivity index is 1.68. The number of anilines is 1. The first kappa shape index (κ1) is 16.0. The van der Waals surface area contributed by atoms with Crippen molar-refractivity contribution in [2.45, 2.75) is 33.2 Å². The zero-order chi connectivity index (χ0) is 17.6. The van der Waals surface area contributed by atoms with E-state index in [0.29, 0.717) is 11.9 Å². The average molecular weight is 353 g/mol. The highest BCUT2D eigenvalue weighted by atomic mass is 32.1. The molecule has 2 aromatic heterocycles. The topological polar surface area (TPSA) is 55.2 Å². The van der Waals surface area contributed by atoms with E-state index in [4.69, 9.17) is 0 Å². The Hall–Kier alpha value is -2.47. The monoisotopic (exact) mass is 353 g/mol. The quantitative estimate of drug-likeness (QED) is 0.711. The summed E-state index contributed by atoms with van der Waals surface area (Å²) in [4.78, 5) is 33.6. The minimum absolute atomic E-state index is 0.0183. The van der Waals surface area contributed by atoms with Crippen LogP contribution in [0.25, 0.3) is 10.2 Å². The maximum atomic E-state index is 12.8. The highest BCUT2D eigenvalue weighted by Gasteiger charge is 2.23. The third-order valence-electron chi connectivity index (χ3n) is 4.87. The maximum Gasteiger partial charge on any atom is 0.262 e. The first-order valence-corrected chi connectivity index (χ1v) is 9.21. The summed E-state index contributed by atoms with van der Waals surface area (Å²) in [7, 11) is 0. The Morgan fingerprint density at radius 1 is 1.28 bits per heavy atom. The van der Waals surface area contributed by atoms with Gasteiger partial charge in [-0.2, -0.15) is 0 Å². The van der Waals surface area contributed by atoms with E-state index in [1.54, 1.807) is 4.90 Å². The Kier molecular flexibility index (Phi) is 3.92. The summed E-state index contributed by atoms with van der Waals surface area (Å²) in [5.41, 5.74) is 2.98. The van der Waals surface area contributed by atoms with Gasteiger partial charge in [-0.1, -0.05) is 18.2 Å². The maximum absolute atomic E-state index is 12.8. The zero-order valence-corrected chi connectivity index (χ0v) is 15.1. The van der Waals surface area contributed by atoms with Crippen molar-refractivity contribution < 1.29 is 4.79 Å². The second-order valence-corrected chi connectivity index (χ2v) is 7.62. The minimum atomic E-state index is -0.134. The number of fused-ring (bicyclic) bond motifs is 2. The van der Waals surface area contributed by atoms with Gasteiger partial charge in [0.15, 0.2) is 0 Å². The van der Waals surface area contributed by atoms with E-state index in [1.165, 1.54) is 27.8 Å². The molecule has 3 aromatic rings.